The number of nitrogens with zero attached hydrogens (tertiary/aromatic N) is 2. The van der Waals surface area contributed by atoms with Gasteiger partial charge >= 0.3 is 6.09 Å². The Hall–Kier alpha value is -1.64. The summed E-state index contributed by atoms with van der Waals surface area (Å²) in [5.74, 6) is 0. The summed E-state index contributed by atoms with van der Waals surface area (Å²) in [7, 11) is -3.50. The van der Waals surface area contributed by atoms with Crippen LogP contribution in [0.4, 0.5) is 4.79 Å². The second-order valence-electron chi connectivity index (χ2n) is 7.86. The van der Waals surface area contributed by atoms with Gasteiger partial charge in [0.2, 0.25) is 0 Å². The fourth-order valence-electron chi connectivity index (χ4n) is 3.05. The van der Waals surface area contributed by atoms with Crippen molar-refractivity contribution in [3.8, 4) is 0 Å². The van der Waals surface area contributed by atoms with Crippen LogP contribution in [-0.2, 0) is 25.6 Å². The lowest BCUT2D eigenvalue weighted by Gasteiger charge is -2.41. The van der Waals surface area contributed by atoms with Gasteiger partial charge in [0.25, 0.3) is 10.1 Å². The number of ether oxygens (including phenoxy) is 1. The number of carbonyl (C=O) groups is 1. The second kappa shape index (κ2) is 9.03. The molecule has 1 aromatic rings. The first-order valence-corrected chi connectivity index (χ1v) is 11.0. The van der Waals surface area contributed by atoms with Gasteiger partial charge in [-0.1, -0.05) is 30.3 Å². The summed E-state index contributed by atoms with van der Waals surface area (Å²) in [6.45, 7) is 8.23. The van der Waals surface area contributed by atoms with Gasteiger partial charge in [-0.2, -0.15) is 8.42 Å². The zero-order chi connectivity index (χ0) is 20.1. The van der Waals surface area contributed by atoms with Gasteiger partial charge < -0.3 is 9.64 Å². The monoisotopic (exact) mass is 398 g/mol. The normalized spacial score (nSPS) is 19.1. The number of amides is 1. The molecular formula is C19H30N2O5S. The van der Waals surface area contributed by atoms with E-state index in [1.165, 1.54) is 5.56 Å². The molecule has 1 aliphatic heterocycles. The summed E-state index contributed by atoms with van der Waals surface area (Å²) in [5, 5.41) is 0. The van der Waals surface area contributed by atoms with Crippen LogP contribution in [0.15, 0.2) is 30.3 Å². The number of piperazine rings is 1. The SMILES string of the molecule is CC(C)(C)OC(=O)N1CCN(Cc2ccccc2)CC1CCOS(C)(=O)=O. The highest BCUT2D eigenvalue weighted by molar-refractivity contribution is 7.85. The fraction of sp³-hybridized carbons (Fsp3) is 0.632. The van der Waals surface area contributed by atoms with Crippen LogP contribution in [0, 0.1) is 0 Å². The van der Waals surface area contributed by atoms with Gasteiger partial charge in [-0.15, -0.1) is 0 Å². The molecule has 0 spiro atoms. The first-order valence-electron chi connectivity index (χ1n) is 9.14. The van der Waals surface area contributed by atoms with Crippen molar-refractivity contribution in [3.63, 3.8) is 0 Å². The summed E-state index contributed by atoms with van der Waals surface area (Å²) in [6, 6.07) is 9.96. The van der Waals surface area contributed by atoms with Crippen molar-refractivity contribution < 1.29 is 22.1 Å². The third-order valence-electron chi connectivity index (χ3n) is 4.19. The Balaban J connectivity index is 2.03. The third-order valence-corrected chi connectivity index (χ3v) is 4.79. The van der Waals surface area contributed by atoms with Gasteiger partial charge in [0, 0.05) is 26.2 Å². The summed E-state index contributed by atoms with van der Waals surface area (Å²) < 4.78 is 32.9. The van der Waals surface area contributed by atoms with Crippen LogP contribution in [0.5, 0.6) is 0 Å². The predicted molar refractivity (Wildman–Crippen MR) is 104 cm³/mol. The lowest BCUT2D eigenvalue weighted by atomic mass is 10.1. The minimum absolute atomic E-state index is 0.0436. The third kappa shape index (κ3) is 7.86. The van der Waals surface area contributed by atoms with Crippen molar-refractivity contribution in [2.75, 3.05) is 32.5 Å². The van der Waals surface area contributed by atoms with Gasteiger partial charge in [-0.05, 0) is 32.8 Å². The molecule has 2 rings (SSSR count). The Morgan fingerprint density at radius 1 is 1.19 bits per heavy atom. The Morgan fingerprint density at radius 3 is 2.44 bits per heavy atom. The van der Waals surface area contributed by atoms with Gasteiger partial charge in [0.05, 0.1) is 18.9 Å². The van der Waals surface area contributed by atoms with E-state index in [9.17, 15) is 13.2 Å². The molecule has 1 fully saturated rings. The molecule has 1 saturated heterocycles. The summed E-state index contributed by atoms with van der Waals surface area (Å²) >= 11 is 0. The van der Waals surface area contributed by atoms with E-state index in [4.69, 9.17) is 8.92 Å². The molecule has 27 heavy (non-hydrogen) atoms. The number of benzene rings is 1. The van der Waals surface area contributed by atoms with E-state index in [2.05, 4.69) is 17.0 Å². The summed E-state index contributed by atoms with van der Waals surface area (Å²) in [6.07, 6.45) is 1.09. The number of hydrogen-bond acceptors (Lipinski definition) is 6. The molecule has 0 aromatic heterocycles. The maximum absolute atomic E-state index is 12.6. The van der Waals surface area contributed by atoms with Crippen molar-refractivity contribution in [1.82, 2.24) is 9.80 Å². The standard InChI is InChI=1S/C19H30N2O5S/c1-19(2,3)26-18(22)21-12-11-20(14-16-8-6-5-7-9-16)15-17(21)10-13-25-27(4,23)24/h5-9,17H,10-15H2,1-4H3. The van der Waals surface area contributed by atoms with E-state index in [1.807, 2.05) is 39.0 Å². The molecule has 8 heteroatoms. The van der Waals surface area contributed by atoms with Crippen molar-refractivity contribution in [2.45, 2.75) is 45.4 Å². The van der Waals surface area contributed by atoms with Gasteiger partial charge in [-0.25, -0.2) is 4.79 Å². The number of rotatable bonds is 6. The molecule has 1 atom stereocenters. The van der Waals surface area contributed by atoms with E-state index in [0.29, 0.717) is 19.5 Å². The van der Waals surface area contributed by atoms with E-state index >= 15 is 0 Å². The van der Waals surface area contributed by atoms with Crippen molar-refractivity contribution in [3.05, 3.63) is 35.9 Å². The highest BCUT2D eigenvalue weighted by Crippen LogP contribution is 2.19. The average molecular weight is 399 g/mol. The average Bonchev–Trinajstić information content (AvgIpc) is 2.53. The minimum atomic E-state index is -3.50. The Kier molecular flexibility index (Phi) is 7.25. The molecule has 0 radical (unpaired) electrons. The Morgan fingerprint density at radius 2 is 1.85 bits per heavy atom. The number of hydrogen-bond donors (Lipinski definition) is 0. The smallest absolute Gasteiger partial charge is 0.410 e. The quantitative estimate of drug-likeness (QED) is 0.685. The molecule has 0 saturated carbocycles. The summed E-state index contributed by atoms with van der Waals surface area (Å²) in [4.78, 5) is 16.5. The molecule has 7 nitrogen and oxygen atoms in total. The maximum Gasteiger partial charge on any atom is 0.410 e. The van der Waals surface area contributed by atoms with Gasteiger partial charge in [0.1, 0.15) is 5.60 Å². The van der Waals surface area contributed by atoms with Gasteiger partial charge in [-0.3, -0.25) is 9.08 Å². The molecule has 1 aromatic carbocycles. The van der Waals surface area contributed by atoms with E-state index in [-0.39, 0.29) is 18.7 Å². The lowest BCUT2D eigenvalue weighted by molar-refractivity contribution is -0.00543. The van der Waals surface area contributed by atoms with Crippen LogP contribution < -0.4 is 0 Å². The maximum atomic E-state index is 12.6. The molecule has 0 bridgehead atoms. The van der Waals surface area contributed by atoms with Gasteiger partial charge in [0.15, 0.2) is 0 Å². The molecule has 0 aliphatic carbocycles. The largest absolute Gasteiger partial charge is 0.444 e. The first-order chi connectivity index (χ1) is 12.5. The molecule has 0 N–H and O–H groups in total. The molecule has 1 amide bonds. The van der Waals surface area contributed by atoms with Crippen molar-refractivity contribution >= 4 is 16.2 Å². The topological polar surface area (TPSA) is 76.2 Å². The van der Waals surface area contributed by atoms with Crippen molar-refractivity contribution in [2.24, 2.45) is 0 Å². The number of carbonyl (C=O) groups excluding carboxylic acids is 1. The fourth-order valence-corrected chi connectivity index (χ4v) is 3.45. The molecule has 152 valence electrons. The lowest BCUT2D eigenvalue weighted by Crippen LogP contribution is -2.56. The molecule has 1 heterocycles. The molecule has 1 unspecified atom stereocenters. The Labute approximate surface area is 162 Å². The zero-order valence-electron chi connectivity index (χ0n) is 16.6. The first kappa shape index (κ1) is 21.7. The van der Waals surface area contributed by atoms with Crippen molar-refractivity contribution in [1.29, 1.82) is 0 Å². The van der Waals surface area contributed by atoms with Crippen LogP contribution in [0.25, 0.3) is 0 Å². The van der Waals surface area contributed by atoms with Crippen LogP contribution in [-0.4, -0.2) is 68.5 Å². The second-order valence-corrected chi connectivity index (χ2v) is 9.51. The van der Waals surface area contributed by atoms with Crippen LogP contribution >= 0.6 is 0 Å². The molecular weight excluding hydrogens is 368 g/mol. The highest BCUT2D eigenvalue weighted by atomic mass is 32.2. The predicted octanol–water partition coefficient (Wildman–Crippen LogP) is 2.47. The van der Waals surface area contributed by atoms with E-state index < -0.39 is 15.7 Å². The van der Waals surface area contributed by atoms with E-state index in [0.717, 1.165) is 19.3 Å². The van der Waals surface area contributed by atoms with E-state index in [1.54, 1.807) is 4.90 Å². The Bertz CT molecular complexity index is 715. The zero-order valence-corrected chi connectivity index (χ0v) is 17.4. The highest BCUT2D eigenvalue weighted by Gasteiger charge is 2.33. The molecule has 1 aliphatic rings. The minimum Gasteiger partial charge on any atom is -0.444 e. The summed E-state index contributed by atoms with van der Waals surface area (Å²) in [5.41, 5.74) is 0.626. The van der Waals surface area contributed by atoms with Crippen LogP contribution in [0.1, 0.15) is 32.8 Å². The van der Waals surface area contributed by atoms with Crippen LogP contribution in [0.3, 0.4) is 0 Å². The van der Waals surface area contributed by atoms with Crippen LogP contribution in [0.2, 0.25) is 0 Å².